The van der Waals surface area contributed by atoms with Gasteiger partial charge >= 0.3 is 0 Å². The standard InChI is InChI=1S/C12H24BrSi/c1-2-9-14-10-6-12(7-11-14)5-3-4-8-13/h12H,2-11H2,1H3. The topological polar surface area (TPSA) is 0 Å². The van der Waals surface area contributed by atoms with E-state index in [-0.39, 0.29) is 8.80 Å². The van der Waals surface area contributed by atoms with E-state index in [2.05, 4.69) is 22.9 Å². The Labute approximate surface area is 99.6 Å². The number of unbranched alkanes of at least 4 members (excludes halogenated alkanes) is 1. The van der Waals surface area contributed by atoms with Gasteiger partial charge in [0.2, 0.25) is 0 Å². The van der Waals surface area contributed by atoms with Crippen molar-refractivity contribution in [3.8, 4) is 0 Å². The van der Waals surface area contributed by atoms with Crippen molar-refractivity contribution >= 4 is 24.7 Å². The third-order valence-corrected chi connectivity index (χ3v) is 7.17. The zero-order valence-corrected chi connectivity index (χ0v) is 12.1. The molecule has 0 aromatic heterocycles. The molecule has 0 aromatic carbocycles. The molecule has 0 saturated carbocycles. The maximum Gasteiger partial charge on any atom is 0.0479 e. The second-order valence-corrected chi connectivity index (χ2v) is 8.42. The van der Waals surface area contributed by atoms with Crippen LogP contribution in [0.4, 0.5) is 0 Å². The fourth-order valence-corrected chi connectivity index (χ4v) is 5.99. The van der Waals surface area contributed by atoms with Crippen molar-refractivity contribution in [1.82, 2.24) is 0 Å². The number of hydrogen-bond donors (Lipinski definition) is 0. The molecule has 14 heavy (non-hydrogen) atoms. The molecule has 1 aliphatic heterocycles. The molecule has 0 N–H and O–H groups in total. The molecule has 0 unspecified atom stereocenters. The molecule has 1 heterocycles. The van der Waals surface area contributed by atoms with E-state index in [0.717, 1.165) is 5.92 Å². The summed E-state index contributed by atoms with van der Waals surface area (Å²) in [5.41, 5.74) is 0. The van der Waals surface area contributed by atoms with Crippen molar-refractivity contribution in [2.45, 2.75) is 63.6 Å². The summed E-state index contributed by atoms with van der Waals surface area (Å²) in [4.78, 5) is 0. The van der Waals surface area contributed by atoms with Crippen LogP contribution in [0.5, 0.6) is 0 Å². The second kappa shape index (κ2) is 7.92. The zero-order chi connectivity index (χ0) is 10.2. The number of hydrogen-bond acceptors (Lipinski definition) is 0. The third-order valence-electron chi connectivity index (χ3n) is 3.41. The van der Waals surface area contributed by atoms with Crippen LogP contribution in [0.3, 0.4) is 0 Å². The van der Waals surface area contributed by atoms with Crippen LogP contribution in [-0.4, -0.2) is 14.1 Å². The van der Waals surface area contributed by atoms with Gasteiger partial charge in [0.15, 0.2) is 0 Å². The quantitative estimate of drug-likeness (QED) is 0.369. The Morgan fingerprint density at radius 2 is 1.93 bits per heavy atom. The molecule has 1 aliphatic rings. The molecule has 0 nitrogen and oxygen atoms in total. The molecule has 0 aromatic rings. The summed E-state index contributed by atoms with van der Waals surface area (Å²) in [5, 5.41) is 1.20. The van der Waals surface area contributed by atoms with Gasteiger partial charge in [0.1, 0.15) is 0 Å². The van der Waals surface area contributed by atoms with Crippen molar-refractivity contribution < 1.29 is 0 Å². The number of halogens is 1. The first-order chi connectivity index (χ1) is 6.86. The van der Waals surface area contributed by atoms with E-state index in [1.807, 2.05) is 0 Å². The van der Waals surface area contributed by atoms with Gasteiger partial charge in [0.25, 0.3) is 0 Å². The normalized spacial score (nSPS) is 20.1. The minimum atomic E-state index is 0.129. The molecule has 0 atom stereocenters. The highest BCUT2D eigenvalue weighted by atomic mass is 79.9. The van der Waals surface area contributed by atoms with Crippen LogP contribution in [0, 0.1) is 5.92 Å². The third kappa shape index (κ3) is 4.97. The van der Waals surface area contributed by atoms with Crippen LogP contribution < -0.4 is 0 Å². The van der Waals surface area contributed by atoms with Crippen LogP contribution in [-0.2, 0) is 0 Å². The highest BCUT2D eigenvalue weighted by Gasteiger charge is 2.20. The van der Waals surface area contributed by atoms with Crippen LogP contribution in [0.2, 0.25) is 18.1 Å². The largest absolute Gasteiger partial charge is 0.0928 e. The van der Waals surface area contributed by atoms with Gasteiger partial charge in [-0.15, -0.1) is 0 Å². The summed E-state index contributed by atoms with van der Waals surface area (Å²) in [5.74, 6) is 1.10. The molecular weight excluding hydrogens is 252 g/mol. The van der Waals surface area contributed by atoms with Gasteiger partial charge in [0, 0.05) is 14.1 Å². The van der Waals surface area contributed by atoms with Crippen molar-refractivity contribution in [2.24, 2.45) is 5.92 Å². The molecule has 0 aliphatic carbocycles. The predicted octanol–water partition coefficient (Wildman–Crippen LogP) is 4.87. The van der Waals surface area contributed by atoms with Crippen molar-refractivity contribution in [3.63, 3.8) is 0 Å². The molecular formula is C12H24BrSi. The van der Waals surface area contributed by atoms with Gasteiger partial charge in [0.05, 0.1) is 0 Å². The first kappa shape index (κ1) is 12.8. The van der Waals surface area contributed by atoms with E-state index in [9.17, 15) is 0 Å². The highest BCUT2D eigenvalue weighted by molar-refractivity contribution is 9.09. The molecule has 2 heteroatoms. The lowest BCUT2D eigenvalue weighted by molar-refractivity contribution is 0.422. The van der Waals surface area contributed by atoms with Crippen molar-refractivity contribution in [2.75, 3.05) is 5.33 Å². The molecule has 0 spiro atoms. The zero-order valence-electron chi connectivity index (χ0n) is 9.53. The molecule has 83 valence electrons. The number of alkyl halides is 1. The summed E-state index contributed by atoms with van der Waals surface area (Å²) in [6.45, 7) is 2.35. The Bertz CT molecular complexity index is 130. The van der Waals surface area contributed by atoms with E-state index >= 15 is 0 Å². The average molecular weight is 276 g/mol. The minimum Gasteiger partial charge on any atom is -0.0928 e. The Morgan fingerprint density at radius 3 is 2.50 bits per heavy atom. The molecule has 1 saturated heterocycles. The Morgan fingerprint density at radius 1 is 1.21 bits per heavy atom. The fourth-order valence-electron chi connectivity index (χ4n) is 2.51. The molecule has 1 radical (unpaired) electrons. The second-order valence-electron chi connectivity index (χ2n) is 4.63. The minimum absolute atomic E-state index is 0.129. The Balaban J connectivity index is 2.03. The monoisotopic (exact) mass is 275 g/mol. The van der Waals surface area contributed by atoms with Crippen molar-refractivity contribution in [3.05, 3.63) is 0 Å². The average Bonchev–Trinajstić information content (AvgIpc) is 2.21. The molecule has 0 amide bonds. The Kier molecular flexibility index (Phi) is 7.22. The van der Waals surface area contributed by atoms with Crippen LogP contribution in [0.15, 0.2) is 0 Å². The van der Waals surface area contributed by atoms with Crippen LogP contribution in [0.25, 0.3) is 0 Å². The molecule has 1 rings (SSSR count). The van der Waals surface area contributed by atoms with Crippen molar-refractivity contribution in [1.29, 1.82) is 0 Å². The summed E-state index contributed by atoms with van der Waals surface area (Å²) in [6, 6.07) is 4.83. The van der Waals surface area contributed by atoms with Gasteiger partial charge in [-0.25, -0.2) is 0 Å². The molecule has 0 bridgehead atoms. The van der Waals surface area contributed by atoms with Gasteiger partial charge in [-0.2, -0.15) is 0 Å². The number of rotatable bonds is 6. The maximum atomic E-state index is 3.51. The lowest BCUT2D eigenvalue weighted by atomic mass is 9.96. The van der Waals surface area contributed by atoms with E-state index in [0.29, 0.717) is 0 Å². The smallest absolute Gasteiger partial charge is 0.0479 e. The van der Waals surface area contributed by atoms with E-state index in [1.54, 1.807) is 31.0 Å². The lowest BCUT2D eigenvalue weighted by Gasteiger charge is -2.27. The summed E-state index contributed by atoms with van der Waals surface area (Å²) >= 11 is 3.51. The lowest BCUT2D eigenvalue weighted by Crippen LogP contribution is -2.20. The first-order valence-electron chi connectivity index (χ1n) is 6.26. The summed E-state index contributed by atoms with van der Waals surface area (Å²) in [6.07, 6.45) is 8.90. The van der Waals surface area contributed by atoms with Gasteiger partial charge in [-0.1, -0.05) is 73.1 Å². The maximum absolute atomic E-state index is 3.51. The fraction of sp³-hybridized carbons (Fsp3) is 1.00. The SMILES string of the molecule is CCC[Si]1CCC(CCCCBr)CC1. The Hall–Kier alpha value is 0.697. The summed E-state index contributed by atoms with van der Waals surface area (Å²) in [7, 11) is 0.129. The first-order valence-corrected chi connectivity index (χ1v) is 9.50. The van der Waals surface area contributed by atoms with Crippen LogP contribution in [0.1, 0.15) is 45.4 Å². The van der Waals surface area contributed by atoms with E-state index in [1.165, 1.54) is 31.0 Å². The van der Waals surface area contributed by atoms with Gasteiger partial charge < -0.3 is 0 Å². The van der Waals surface area contributed by atoms with E-state index in [4.69, 9.17) is 0 Å². The highest BCUT2D eigenvalue weighted by Crippen LogP contribution is 2.30. The summed E-state index contributed by atoms with van der Waals surface area (Å²) < 4.78 is 0. The molecule has 1 fully saturated rings. The van der Waals surface area contributed by atoms with Gasteiger partial charge in [-0.3, -0.25) is 0 Å². The van der Waals surface area contributed by atoms with Crippen LogP contribution >= 0.6 is 15.9 Å². The van der Waals surface area contributed by atoms with Gasteiger partial charge in [-0.05, 0) is 12.3 Å². The van der Waals surface area contributed by atoms with E-state index < -0.39 is 0 Å². The predicted molar refractivity (Wildman–Crippen MR) is 70.8 cm³/mol.